The zero-order valence-electron chi connectivity index (χ0n) is 21.6. The Hall–Kier alpha value is -4.06. The number of hydrogen-bond donors (Lipinski definition) is 3. The van der Waals surface area contributed by atoms with Crippen LogP contribution in [0.25, 0.3) is 21.5 Å². The average Bonchev–Trinajstić information content (AvgIpc) is 3.58. The van der Waals surface area contributed by atoms with Gasteiger partial charge in [-0.25, -0.2) is 17.8 Å². The van der Waals surface area contributed by atoms with Crippen LogP contribution in [0.4, 0.5) is 4.39 Å². The van der Waals surface area contributed by atoms with Gasteiger partial charge in [0.2, 0.25) is 5.91 Å². The Morgan fingerprint density at radius 2 is 1.95 bits per heavy atom. The molecule has 3 aromatic carbocycles. The molecule has 4 N–H and O–H groups in total. The summed E-state index contributed by atoms with van der Waals surface area (Å²) in [4.78, 5) is 18.4. The van der Waals surface area contributed by atoms with Crippen molar-refractivity contribution in [3.05, 3.63) is 94.9 Å². The number of halogens is 1. The highest BCUT2D eigenvalue weighted by Gasteiger charge is 2.29. The molecule has 1 atom stereocenters. The Morgan fingerprint density at radius 1 is 1.18 bits per heavy atom. The van der Waals surface area contributed by atoms with Crippen molar-refractivity contribution in [2.45, 2.75) is 30.3 Å². The number of amides is 1. The third kappa shape index (κ3) is 5.48. The fraction of sp³-hybridized carbons (Fsp3) is 0.172. The van der Waals surface area contributed by atoms with E-state index in [-0.39, 0.29) is 22.8 Å². The smallest absolute Gasteiger partial charge is 0.217 e. The van der Waals surface area contributed by atoms with Crippen molar-refractivity contribution in [1.82, 2.24) is 9.97 Å². The second-order valence-electron chi connectivity index (χ2n) is 9.63. The van der Waals surface area contributed by atoms with Crippen LogP contribution >= 0.6 is 11.3 Å². The van der Waals surface area contributed by atoms with E-state index in [4.69, 9.17) is 10.5 Å². The molecular weight excluding hydrogens is 553 g/mol. The molecule has 2 heterocycles. The quantitative estimate of drug-likeness (QED) is 0.217. The Morgan fingerprint density at radius 3 is 2.70 bits per heavy atom. The molecule has 11 heteroatoms. The molecule has 0 aliphatic carbocycles. The molecule has 0 aliphatic rings. The van der Waals surface area contributed by atoms with Gasteiger partial charge in [-0.1, -0.05) is 36.4 Å². The number of rotatable bonds is 9. The zero-order chi connectivity index (χ0) is 28.7. The second-order valence-corrected chi connectivity index (χ2v) is 12.4. The highest BCUT2D eigenvalue weighted by atomic mass is 32.2. The molecule has 40 heavy (non-hydrogen) atoms. The van der Waals surface area contributed by atoms with Crippen molar-refractivity contribution in [2.75, 3.05) is 6.26 Å². The molecule has 206 valence electrons. The number of nitrogens with zero attached hydrogens (tertiary/aromatic N) is 1. The fourth-order valence-corrected chi connectivity index (χ4v) is 6.44. The highest BCUT2D eigenvalue weighted by Crippen LogP contribution is 2.39. The van der Waals surface area contributed by atoms with E-state index in [9.17, 15) is 18.3 Å². The summed E-state index contributed by atoms with van der Waals surface area (Å²) in [5.74, 6) is -1.37. The highest BCUT2D eigenvalue weighted by molar-refractivity contribution is 7.91. The normalized spacial score (nSPS) is 13.3. The number of primary amides is 1. The topological polar surface area (TPSA) is 135 Å². The van der Waals surface area contributed by atoms with Gasteiger partial charge < -0.3 is 20.6 Å². The first-order chi connectivity index (χ1) is 18.9. The lowest BCUT2D eigenvalue weighted by molar-refractivity contribution is -0.117. The lowest BCUT2D eigenvalue weighted by Crippen LogP contribution is -2.23. The Balaban J connectivity index is 1.45. The van der Waals surface area contributed by atoms with Gasteiger partial charge in [0, 0.05) is 46.8 Å². The number of nitrogens with two attached hydrogens (primary N) is 1. The number of carbonyl (C=O) groups is 1. The third-order valence-electron chi connectivity index (χ3n) is 6.54. The molecule has 0 fully saturated rings. The summed E-state index contributed by atoms with van der Waals surface area (Å²) in [5, 5.41) is 14.1. The third-order valence-corrected chi connectivity index (χ3v) is 8.58. The van der Waals surface area contributed by atoms with Gasteiger partial charge in [-0.15, -0.1) is 11.3 Å². The minimum Gasteiger partial charge on any atom is -0.453 e. The lowest BCUT2D eigenvalue weighted by atomic mass is 9.91. The number of nitrogens with one attached hydrogen (secondary N) is 1. The van der Waals surface area contributed by atoms with Crippen molar-refractivity contribution >= 4 is 38.0 Å². The minimum absolute atomic E-state index is 0.208. The molecule has 0 bridgehead atoms. The number of aliphatic hydroxyl groups is 1. The van der Waals surface area contributed by atoms with E-state index in [1.165, 1.54) is 23.6 Å². The van der Waals surface area contributed by atoms with Gasteiger partial charge in [-0.05, 0) is 42.7 Å². The molecule has 8 nitrogen and oxygen atoms in total. The van der Waals surface area contributed by atoms with E-state index >= 15 is 4.39 Å². The molecular formula is C29H26FN3O5S2. The summed E-state index contributed by atoms with van der Waals surface area (Å²) in [5.41, 5.74) is 6.76. The summed E-state index contributed by atoms with van der Waals surface area (Å²) in [6, 6.07) is 16.8. The molecule has 0 aliphatic heterocycles. The summed E-state index contributed by atoms with van der Waals surface area (Å²) in [6.07, 6.45) is 3.22. The molecule has 2 aromatic heterocycles. The first kappa shape index (κ1) is 27.5. The van der Waals surface area contributed by atoms with Crippen LogP contribution in [0, 0.1) is 5.82 Å². The van der Waals surface area contributed by atoms with Crippen LogP contribution in [0.15, 0.2) is 77.1 Å². The van der Waals surface area contributed by atoms with Gasteiger partial charge >= 0.3 is 0 Å². The zero-order valence-corrected chi connectivity index (χ0v) is 23.3. The van der Waals surface area contributed by atoms with Crippen LogP contribution in [-0.4, -0.2) is 35.7 Å². The first-order valence-corrected chi connectivity index (χ1v) is 15.0. The summed E-state index contributed by atoms with van der Waals surface area (Å²) < 4.78 is 46.0. The number of aromatic nitrogens is 2. The van der Waals surface area contributed by atoms with E-state index in [0.717, 1.165) is 11.8 Å². The van der Waals surface area contributed by atoms with Crippen molar-refractivity contribution in [1.29, 1.82) is 0 Å². The first-order valence-electron chi connectivity index (χ1n) is 12.3. The molecule has 0 saturated heterocycles. The molecule has 0 radical (unpaired) electrons. The Labute approximate surface area is 234 Å². The van der Waals surface area contributed by atoms with Crippen LogP contribution in [0.1, 0.15) is 30.2 Å². The predicted octanol–water partition coefficient (Wildman–Crippen LogP) is 5.30. The van der Waals surface area contributed by atoms with Gasteiger partial charge in [0.05, 0.1) is 5.69 Å². The van der Waals surface area contributed by atoms with Gasteiger partial charge in [0.25, 0.3) is 0 Å². The number of aryl methyl sites for hydroxylation is 1. The maximum Gasteiger partial charge on any atom is 0.217 e. The van der Waals surface area contributed by atoms with Crippen LogP contribution < -0.4 is 10.5 Å². The van der Waals surface area contributed by atoms with E-state index < -0.39 is 27.2 Å². The van der Waals surface area contributed by atoms with E-state index in [1.54, 1.807) is 48.7 Å². The number of fused-ring (bicyclic) bond motifs is 1. The van der Waals surface area contributed by atoms with Crippen molar-refractivity contribution < 1.29 is 27.4 Å². The van der Waals surface area contributed by atoms with E-state index in [0.29, 0.717) is 39.2 Å². The van der Waals surface area contributed by atoms with Crippen LogP contribution in [-0.2, 0) is 26.7 Å². The largest absolute Gasteiger partial charge is 0.453 e. The van der Waals surface area contributed by atoms with E-state index in [2.05, 4.69) is 9.97 Å². The molecule has 0 spiro atoms. The van der Waals surface area contributed by atoms with Crippen LogP contribution in [0.5, 0.6) is 11.5 Å². The maximum absolute atomic E-state index is 15.0. The lowest BCUT2D eigenvalue weighted by Gasteiger charge is -2.22. The SMILES string of the molecule is CC(O)(c1cccc(CCC(N)=O)c1)c1csc(-c2cccc(Oc3c(F)cc4[nH]ccc4c3S(C)(=O)=O)c2)n1. The monoisotopic (exact) mass is 579 g/mol. The van der Waals surface area contributed by atoms with Gasteiger partial charge in [-0.2, -0.15) is 0 Å². The number of sulfone groups is 1. The number of aromatic amines is 1. The maximum atomic E-state index is 15.0. The molecule has 1 unspecified atom stereocenters. The van der Waals surface area contributed by atoms with Crippen molar-refractivity contribution in [3.63, 3.8) is 0 Å². The van der Waals surface area contributed by atoms with Gasteiger partial charge in [0.15, 0.2) is 21.4 Å². The predicted molar refractivity (Wildman–Crippen MR) is 152 cm³/mol. The molecule has 5 rings (SSSR count). The Bertz CT molecular complexity index is 1840. The number of benzene rings is 3. The fourth-order valence-electron chi connectivity index (χ4n) is 4.47. The molecule has 1 amide bonds. The number of carbonyl (C=O) groups excluding carboxylic acids is 1. The van der Waals surface area contributed by atoms with Gasteiger partial charge in [-0.3, -0.25) is 4.79 Å². The Kier molecular flexibility index (Phi) is 7.21. The summed E-state index contributed by atoms with van der Waals surface area (Å²) >= 11 is 1.31. The average molecular weight is 580 g/mol. The van der Waals surface area contributed by atoms with Crippen LogP contribution in [0.2, 0.25) is 0 Å². The summed E-state index contributed by atoms with van der Waals surface area (Å²) in [6.45, 7) is 1.64. The van der Waals surface area contributed by atoms with Crippen molar-refractivity contribution in [3.8, 4) is 22.1 Å². The van der Waals surface area contributed by atoms with Crippen LogP contribution in [0.3, 0.4) is 0 Å². The molecule has 0 saturated carbocycles. The molecule has 5 aromatic rings. The number of ether oxygens (including phenoxy) is 1. The summed E-state index contributed by atoms with van der Waals surface area (Å²) in [7, 11) is -3.83. The number of thiazole rings is 1. The van der Waals surface area contributed by atoms with Gasteiger partial charge in [0.1, 0.15) is 21.3 Å². The minimum atomic E-state index is -3.83. The second kappa shape index (κ2) is 10.5. The number of H-pyrrole nitrogens is 1. The number of hydrogen-bond acceptors (Lipinski definition) is 7. The van der Waals surface area contributed by atoms with Crippen molar-refractivity contribution in [2.24, 2.45) is 5.73 Å². The van der Waals surface area contributed by atoms with E-state index in [1.807, 2.05) is 18.2 Å². The standard InChI is InChI=1S/C29H26FN3O5S2/c1-29(35,19-7-3-5-17(13-19)9-10-25(31)34)24-16-39-28(33-24)18-6-4-8-20(14-18)38-26-22(30)15-23-21(11-12-32-23)27(26)40(2,36)37/h3-8,11-16,32,35H,9-10H2,1-2H3,(H2,31,34).